The van der Waals surface area contributed by atoms with Crippen LogP contribution < -0.4 is 10.2 Å². The van der Waals surface area contributed by atoms with E-state index in [1.54, 1.807) is 0 Å². The highest BCUT2D eigenvalue weighted by Gasteiger charge is 2.15. The molecule has 3 rings (SSSR count). The van der Waals surface area contributed by atoms with Crippen molar-refractivity contribution in [2.45, 2.75) is 32.1 Å². The van der Waals surface area contributed by atoms with Crippen molar-refractivity contribution in [3.63, 3.8) is 0 Å². The maximum atomic E-state index is 11.9. The average Bonchev–Trinajstić information content (AvgIpc) is 3.08. The molecule has 1 aromatic heterocycles. The number of hydrogen-bond donors (Lipinski definition) is 2. The van der Waals surface area contributed by atoms with E-state index in [1.165, 1.54) is 17.7 Å². The van der Waals surface area contributed by atoms with Crippen molar-refractivity contribution in [3.8, 4) is 0 Å². The van der Waals surface area contributed by atoms with Gasteiger partial charge in [-0.1, -0.05) is 18.2 Å². The number of carbonyl (C=O) groups excluding carboxylic acids is 1. The molecular formula is C18H24N4O. The fourth-order valence-corrected chi connectivity index (χ4v) is 3.13. The fourth-order valence-electron chi connectivity index (χ4n) is 3.13. The predicted molar refractivity (Wildman–Crippen MR) is 91.5 cm³/mol. The zero-order valence-electron chi connectivity index (χ0n) is 13.4. The maximum Gasteiger partial charge on any atom is 0.220 e. The van der Waals surface area contributed by atoms with Crippen molar-refractivity contribution in [3.05, 3.63) is 47.8 Å². The number of benzene rings is 1. The van der Waals surface area contributed by atoms with Gasteiger partial charge in [0.1, 0.15) is 0 Å². The molecule has 2 N–H and O–H groups in total. The van der Waals surface area contributed by atoms with Crippen molar-refractivity contribution in [2.24, 2.45) is 0 Å². The quantitative estimate of drug-likeness (QED) is 0.825. The highest BCUT2D eigenvalue weighted by molar-refractivity contribution is 5.75. The van der Waals surface area contributed by atoms with E-state index in [0.717, 1.165) is 37.9 Å². The third-order valence-corrected chi connectivity index (χ3v) is 4.33. The van der Waals surface area contributed by atoms with Gasteiger partial charge in [-0.15, -0.1) is 0 Å². The first-order valence-corrected chi connectivity index (χ1v) is 8.40. The van der Waals surface area contributed by atoms with Crippen LogP contribution >= 0.6 is 0 Å². The van der Waals surface area contributed by atoms with E-state index in [0.29, 0.717) is 13.0 Å². The molecule has 0 spiro atoms. The number of rotatable bonds is 7. The van der Waals surface area contributed by atoms with Crippen LogP contribution in [-0.4, -0.2) is 35.7 Å². The second-order valence-corrected chi connectivity index (χ2v) is 6.03. The lowest BCUT2D eigenvalue weighted by Gasteiger charge is -2.31. The summed E-state index contributed by atoms with van der Waals surface area (Å²) in [6, 6.07) is 8.58. The molecule has 2 aromatic rings. The number of carbonyl (C=O) groups is 1. The number of amides is 1. The lowest BCUT2D eigenvalue weighted by molar-refractivity contribution is -0.121. The minimum absolute atomic E-state index is 0.138. The van der Waals surface area contributed by atoms with Gasteiger partial charge in [-0.3, -0.25) is 9.89 Å². The van der Waals surface area contributed by atoms with Crippen LogP contribution in [0.2, 0.25) is 0 Å². The summed E-state index contributed by atoms with van der Waals surface area (Å²) in [5.41, 5.74) is 3.90. The normalized spacial score (nSPS) is 13.7. The zero-order valence-corrected chi connectivity index (χ0v) is 13.4. The maximum absolute atomic E-state index is 11.9. The molecule has 0 atom stereocenters. The Hall–Kier alpha value is -2.30. The Morgan fingerprint density at radius 3 is 3.13 bits per heavy atom. The fraction of sp³-hybridized carbons (Fsp3) is 0.444. The van der Waals surface area contributed by atoms with Gasteiger partial charge in [-0.25, -0.2) is 0 Å². The minimum Gasteiger partial charge on any atom is -0.370 e. The van der Waals surface area contributed by atoms with E-state index in [4.69, 9.17) is 0 Å². The van der Waals surface area contributed by atoms with Gasteiger partial charge in [0.05, 0.1) is 6.20 Å². The SMILES string of the molecule is O=C(CCCc1cn[nH]c1)NCCN1CCCc2ccccc21. The van der Waals surface area contributed by atoms with Crippen molar-refractivity contribution < 1.29 is 4.79 Å². The summed E-state index contributed by atoms with van der Waals surface area (Å²) < 4.78 is 0. The first-order chi connectivity index (χ1) is 11.3. The predicted octanol–water partition coefficient (Wildman–Crippen LogP) is 2.30. The van der Waals surface area contributed by atoms with Crippen molar-refractivity contribution in [1.82, 2.24) is 15.5 Å². The van der Waals surface area contributed by atoms with Crippen molar-refractivity contribution in [1.29, 1.82) is 0 Å². The Morgan fingerprint density at radius 1 is 1.35 bits per heavy atom. The molecular weight excluding hydrogens is 288 g/mol. The number of hydrogen-bond acceptors (Lipinski definition) is 3. The van der Waals surface area contributed by atoms with Gasteiger partial charge in [0.2, 0.25) is 5.91 Å². The van der Waals surface area contributed by atoms with Gasteiger partial charge in [-0.05, 0) is 42.9 Å². The second kappa shape index (κ2) is 7.81. The van der Waals surface area contributed by atoms with Crippen LogP contribution in [0.3, 0.4) is 0 Å². The molecule has 23 heavy (non-hydrogen) atoms. The second-order valence-electron chi connectivity index (χ2n) is 6.03. The number of H-pyrrole nitrogens is 1. The summed E-state index contributed by atoms with van der Waals surface area (Å²) in [6.07, 6.45) is 8.36. The number of nitrogens with zero attached hydrogens (tertiary/aromatic N) is 2. The summed E-state index contributed by atoms with van der Waals surface area (Å²) in [5.74, 6) is 0.138. The number of aromatic amines is 1. The third-order valence-electron chi connectivity index (χ3n) is 4.33. The van der Waals surface area contributed by atoms with Gasteiger partial charge in [0.15, 0.2) is 0 Å². The molecule has 0 saturated heterocycles. The number of aromatic nitrogens is 2. The number of nitrogens with one attached hydrogen (secondary N) is 2. The summed E-state index contributed by atoms with van der Waals surface area (Å²) in [4.78, 5) is 14.3. The lowest BCUT2D eigenvalue weighted by Crippen LogP contribution is -2.37. The number of anilines is 1. The Balaban J connectivity index is 1.37. The lowest BCUT2D eigenvalue weighted by atomic mass is 10.0. The Bertz CT molecular complexity index is 624. The molecule has 0 fully saturated rings. The molecule has 0 radical (unpaired) electrons. The molecule has 5 heteroatoms. The van der Waals surface area contributed by atoms with Crippen LogP contribution in [0.1, 0.15) is 30.4 Å². The van der Waals surface area contributed by atoms with Gasteiger partial charge < -0.3 is 10.2 Å². The monoisotopic (exact) mass is 312 g/mol. The van der Waals surface area contributed by atoms with Crippen LogP contribution in [0.25, 0.3) is 0 Å². The van der Waals surface area contributed by atoms with Gasteiger partial charge in [0, 0.05) is 37.9 Å². The van der Waals surface area contributed by atoms with Crippen LogP contribution in [0, 0.1) is 0 Å². The topological polar surface area (TPSA) is 61.0 Å². The van der Waals surface area contributed by atoms with Gasteiger partial charge >= 0.3 is 0 Å². The minimum atomic E-state index is 0.138. The molecule has 122 valence electrons. The Labute approximate surface area is 137 Å². The first-order valence-electron chi connectivity index (χ1n) is 8.40. The number of para-hydroxylation sites is 1. The van der Waals surface area contributed by atoms with E-state index in [2.05, 4.69) is 44.7 Å². The molecule has 1 aliphatic rings. The first kappa shape index (κ1) is 15.6. The van der Waals surface area contributed by atoms with Crippen LogP contribution in [0.15, 0.2) is 36.7 Å². The Morgan fingerprint density at radius 2 is 2.26 bits per heavy atom. The average molecular weight is 312 g/mol. The molecule has 5 nitrogen and oxygen atoms in total. The molecule has 2 heterocycles. The van der Waals surface area contributed by atoms with Crippen LogP contribution in [0.4, 0.5) is 5.69 Å². The summed E-state index contributed by atoms with van der Waals surface area (Å²) in [7, 11) is 0. The third kappa shape index (κ3) is 4.34. The van der Waals surface area contributed by atoms with E-state index in [1.807, 2.05) is 12.4 Å². The van der Waals surface area contributed by atoms with Crippen molar-refractivity contribution in [2.75, 3.05) is 24.5 Å². The molecule has 0 unspecified atom stereocenters. The van der Waals surface area contributed by atoms with Gasteiger partial charge in [0.25, 0.3) is 0 Å². The van der Waals surface area contributed by atoms with Crippen LogP contribution in [0.5, 0.6) is 0 Å². The van der Waals surface area contributed by atoms with E-state index in [-0.39, 0.29) is 5.91 Å². The highest BCUT2D eigenvalue weighted by Crippen LogP contribution is 2.25. The van der Waals surface area contributed by atoms with Gasteiger partial charge in [-0.2, -0.15) is 5.10 Å². The highest BCUT2D eigenvalue weighted by atomic mass is 16.1. The Kier molecular flexibility index (Phi) is 5.29. The molecule has 1 aromatic carbocycles. The summed E-state index contributed by atoms with van der Waals surface area (Å²) >= 11 is 0. The molecule has 1 amide bonds. The molecule has 1 aliphatic heterocycles. The van der Waals surface area contributed by atoms with E-state index in [9.17, 15) is 4.79 Å². The largest absolute Gasteiger partial charge is 0.370 e. The molecule has 0 saturated carbocycles. The van der Waals surface area contributed by atoms with Crippen LogP contribution in [-0.2, 0) is 17.6 Å². The van der Waals surface area contributed by atoms with E-state index < -0.39 is 0 Å². The van der Waals surface area contributed by atoms with E-state index >= 15 is 0 Å². The number of fused-ring (bicyclic) bond motifs is 1. The van der Waals surface area contributed by atoms with Crippen molar-refractivity contribution >= 4 is 11.6 Å². The summed E-state index contributed by atoms with van der Waals surface area (Å²) in [5, 5.41) is 9.74. The smallest absolute Gasteiger partial charge is 0.220 e. The molecule has 0 aliphatic carbocycles. The molecule has 0 bridgehead atoms. The number of aryl methyl sites for hydroxylation is 2. The standard InChI is InChI=1S/C18H24N4O/c23-18(9-3-5-15-13-20-21-14-15)19-10-12-22-11-4-7-16-6-1-2-8-17(16)22/h1-2,6,8,13-14H,3-5,7,9-12H2,(H,19,23)(H,20,21). The zero-order chi connectivity index (χ0) is 15.9. The summed E-state index contributed by atoms with van der Waals surface area (Å²) in [6.45, 7) is 2.66.